The highest BCUT2D eigenvalue weighted by Crippen LogP contribution is 2.51. The molecular formula is C11H14N2O3. The van der Waals surface area contributed by atoms with Crippen LogP contribution >= 0.6 is 0 Å². The molecule has 0 unspecified atom stereocenters. The molecule has 0 radical (unpaired) electrons. The first-order valence-electron chi connectivity index (χ1n) is 5.64. The molecule has 1 heterocycles. The summed E-state index contributed by atoms with van der Waals surface area (Å²) in [5.41, 5.74) is -0.803. The van der Waals surface area contributed by atoms with Gasteiger partial charge in [-0.25, -0.2) is 4.79 Å². The maximum Gasteiger partial charge on any atom is 0.330 e. The van der Waals surface area contributed by atoms with Crippen molar-refractivity contribution in [1.82, 2.24) is 10.2 Å². The second-order valence-electron chi connectivity index (χ2n) is 5.54. The Bertz CT molecular complexity index is 407. The van der Waals surface area contributed by atoms with Crippen LogP contribution in [0.4, 0.5) is 4.79 Å². The molecule has 2 saturated carbocycles. The molecule has 16 heavy (non-hydrogen) atoms. The first kappa shape index (κ1) is 9.81. The van der Waals surface area contributed by atoms with Gasteiger partial charge in [0.1, 0.15) is 5.41 Å². The number of barbiturate groups is 1. The first-order valence-corrected chi connectivity index (χ1v) is 5.64. The number of hydrogen-bond donors (Lipinski definition) is 1. The fourth-order valence-electron chi connectivity index (χ4n) is 2.19. The van der Waals surface area contributed by atoms with Crippen molar-refractivity contribution in [2.75, 3.05) is 6.54 Å². The molecule has 4 amide bonds. The Morgan fingerprint density at radius 3 is 2.31 bits per heavy atom. The van der Waals surface area contributed by atoms with E-state index in [1.54, 1.807) is 0 Å². The zero-order valence-electron chi connectivity index (χ0n) is 9.21. The summed E-state index contributed by atoms with van der Waals surface area (Å²) >= 11 is 0. The fraction of sp³-hybridized carbons (Fsp3) is 0.727. The zero-order valence-corrected chi connectivity index (χ0v) is 9.21. The summed E-state index contributed by atoms with van der Waals surface area (Å²) in [6.07, 6.45) is 3.26. The second kappa shape index (κ2) is 2.64. The van der Waals surface area contributed by atoms with Gasteiger partial charge in [-0.05, 0) is 31.1 Å². The maximum absolute atomic E-state index is 12.1. The molecular weight excluding hydrogens is 208 g/mol. The molecule has 0 aromatic carbocycles. The van der Waals surface area contributed by atoms with E-state index < -0.39 is 17.4 Å². The molecule has 5 heteroatoms. The third kappa shape index (κ3) is 1.20. The van der Waals surface area contributed by atoms with Crippen molar-refractivity contribution in [1.29, 1.82) is 0 Å². The number of nitrogens with zero attached hydrogens (tertiary/aromatic N) is 1. The van der Waals surface area contributed by atoms with Gasteiger partial charge >= 0.3 is 6.03 Å². The van der Waals surface area contributed by atoms with Crippen LogP contribution in [0.2, 0.25) is 0 Å². The SMILES string of the molecule is CC1(CN2C(=O)NC(=O)C3(CC3)C2=O)CC1. The largest absolute Gasteiger partial charge is 0.330 e. The highest BCUT2D eigenvalue weighted by atomic mass is 16.2. The Labute approximate surface area is 93.2 Å². The molecule has 1 spiro atoms. The molecule has 86 valence electrons. The smallest absolute Gasteiger partial charge is 0.277 e. The normalized spacial score (nSPS) is 29.3. The molecule has 0 aromatic heterocycles. The molecule has 5 nitrogen and oxygen atoms in total. The summed E-state index contributed by atoms with van der Waals surface area (Å²) in [5.74, 6) is -0.686. The third-order valence-electron chi connectivity index (χ3n) is 3.95. The van der Waals surface area contributed by atoms with Crippen molar-refractivity contribution in [3.05, 3.63) is 0 Å². The van der Waals surface area contributed by atoms with Crippen molar-refractivity contribution < 1.29 is 14.4 Å². The van der Waals surface area contributed by atoms with E-state index in [9.17, 15) is 14.4 Å². The van der Waals surface area contributed by atoms with E-state index in [1.165, 1.54) is 4.90 Å². The number of carbonyl (C=O) groups is 3. The van der Waals surface area contributed by atoms with Crippen LogP contribution in [0.25, 0.3) is 0 Å². The predicted octanol–water partition coefficient (Wildman–Crippen LogP) is 0.645. The molecule has 3 rings (SSSR count). The maximum atomic E-state index is 12.1. The molecule has 2 aliphatic carbocycles. The Balaban J connectivity index is 1.84. The summed E-state index contributed by atoms with van der Waals surface area (Å²) in [5, 5.41) is 2.29. The predicted molar refractivity (Wildman–Crippen MR) is 54.3 cm³/mol. The molecule has 0 aromatic rings. The number of carbonyl (C=O) groups excluding carboxylic acids is 3. The van der Waals surface area contributed by atoms with Crippen molar-refractivity contribution >= 4 is 17.8 Å². The minimum Gasteiger partial charge on any atom is -0.277 e. The number of imide groups is 2. The number of amides is 4. The van der Waals surface area contributed by atoms with Gasteiger partial charge in [0.05, 0.1) is 0 Å². The van der Waals surface area contributed by atoms with E-state index in [2.05, 4.69) is 12.2 Å². The van der Waals surface area contributed by atoms with Gasteiger partial charge in [-0.3, -0.25) is 19.8 Å². The fourth-order valence-corrected chi connectivity index (χ4v) is 2.19. The summed E-state index contributed by atoms with van der Waals surface area (Å²) in [6.45, 7) is 2.51. The van der Waals surface area contributed by atoms with Gasteiger partial charge in [0.25, 0.3) is 0 Å². The lowest BCUT2D eigenvalue weighted by molar-refractivity contribution is -0.145. The van der Waals surface area contributed by atoms with Crippen LogP contribution in [0.3, 0.4) is 0 Å². The summed E-state index contributed by atoms with van der Waals surface area (Å²) in [6, 6.07) is -0.541. The summed E-state index contributed by atoms with van der Waals surface area (Å²) in [4.78, 5) is 36.5. The Hall–Kier alpha value is -1.39. The zero-order chi connectivity index (χ0) is 11.6. The molecule has 0 atom stereocenters. The Morgan fingerprint density at radius 1 is 1.19 bits per heavy atom. The highest BCUT2D eigenvalue weighted by Gasteiger charge is 2.63. The molecule has 1 aliphatic heterocycles. The van der Waals surface area contributed by atoms with Gasteiger partial charge in [-0.15, -0.1) is 0 Å². The Morgan fingerprint density at radius 2 is 1.81 bits per heavy atom. The average molecular weight is 222 g/mol. The van der Waals surface area contributed by atoms with Crippen LogP contribution < -0.4 is 5.32 Å². The van der Waals surface area contributed by atoms with Crippen molar-refractivity contribution in [2.24, 2.45) is 10.8 Å². The molecule has 3 fully saturated rings. The lowest BCUT2D eigenvalue weighted by Gasteiger charge is -2.31. The van der Waals surface area contributed by atoms with Crippen molar-refractivity contribution in [3.63, 3.8) is 0 Å². The lowest BCUT2D eigenvalue weighted by atomic mass is 10.0. The van der Waals surface area contributed by atoms with E-state index in [4.69, 9.17) is 0 Å². The van der Waals surface area contributed by atoms with Gasteiger partial charge in [0, 0.05) is 6.54 Å². The van der Waals surface area contributed by atoms with Gasteiger partial charge < -0.3 is 0 Å². The van der Waals surface area contributed by atoms with E-state index in [0.29, 0.717) is 19.4 Å². The quantitative estimate of drug-likeness (QED) is 0.697. The number of urea groups is 1. The van der Waals surface area contributed by atoms with Gasteiger partial charge in [0.2, 0.25) is 11.8 Å². The Kier molecular flexibility index (Phi) is 1.62. The van der Waals surface area contributed by atoms with Crippen molar-refractivity contribution in [3.8, 4) is 0 Å². The monoisotopic (exact) mass is 222 g/mol. The van der Waals surface area contributed by atoms with Crippen LogP contribution in [-0.2, 0) is 9.59 Å². The molecule has 1 saturated heterocycles. The van der Waals surface area contributed by atoms with Crippen LogP contribution in [0.1, 0.15) is 32.6 Å². The molecule has 0 bridgehead atoms. The second-order valence-corrected chi connectivity index (χ2v) is 5.54. The average Bonchev–Trinajstić information content (AvgIpc) is 3.08. The summed E-state index contributed by atoms with van der Waals surface area (Å²) < 4.78 is 0. The molecule has 1 N–H and O–H groups in total. The van der Waals surface area contributed by atoms with E-state index >= 15 is 0 Å². The third-order valence-corrected chi connectivity index (χ3v) is 3.95. The van der Waals surface area contributed by atoms with Gasteiger partial charge in [0.15, 0.2) is 0 Å². The van der Waals surface area contributed by atoms with Crippen LogP contribution in [0, 0.1) is 10.8 Å². The summed E-state index contributed by atoms with van der Waals surface area (Å²) in [7, 11) is 0. The lowest BCUT2D eigenvalue weighted by Crippen LogP contribution is -2.60. The van der Waals surface area contributed by atoms with Gasteiger partial charge in [-0.1, -0.05) is 6.92 Å². The standard InChI is InChI=1S/C11H14N2O3/c1-10(2-3-10)6-13-8(15)11(4-5-11)7(14)12-9(13)16/h2-6H2,1H3,(H,12,14,16). The number of nitrogens with one attached hydrogen (secondary N) is 1. The van der Waals surface area contributed by atoms with E-state index in [0.717, 1.165) is 12.8 Å². The number of hydrogen-bond acceptors (Lipinski definition) is 3. The van der Waals surface area contributed by atoms with Crippen LogP contribution in [0.5, 0.6) is 0 Å². The molecule has 3 aliphatic rings. The van der Waals surface area contributed by atoms with Crippen molar-refractivity contribution in [2.45, 2.75) is 32.6 Å². The number of rotatable bonds is 2. The minimum absolute atomic E-state index is 0.0868. The van der Waals surface area contributed by atoms with Crippen LogP contribution in [0.15, 0.2) is 0 Å². The highest BCUT2D eigenvalue weighted by molar-refractivity contribution is 6.20. The van der Waals surface area contributed by atoms with Gasteiger partial charge in [-0.2, -0.15) is 0 Å². The van der Waals surface area contributed by atoms with E-state index in [-0.39, 0.29) is 11.3 Å². The first-order chi connectivity index (χ1) is 7.47. The van der Waals surface area contributed by atoms with Crippen LogP contribution in [-0.4, -0.2) is 29.3 Å². The van der Waals surface area contributed by atoms with E-state index in [1.807, 2.05) is 0 Å². The minimum atomic E-state index is -0.890. The topological polar surface area (TPSA) is 66.5 Å².